The van der Waals surface area contributed by atoms with Gasteiger partial charge in [0.25, 0.3) is 0 Å². The molecule has 3 N–H and O–H groups in total. The van der Waals surface area contributed by atoms with Gasteiger partial charge in [0, 0.05) is 12.1 Å². The third-order valence-corrected chi connectivity index (χ3v) is 5.45. The zero-order valence-electron chi connectivity index (χ0n) is 13.1. The molecular formula is C14H22BrFN2O3S. The molecule has 1 atom stereocenters. The first kappa shape index (κ1) is 19.3. The Balaban J connectivity index is 3.27. The van der Waals surface area contributed by atoms with E-state index in [-0.39, 0.29) is 27.6 Å². The second kappa shape index (κ2) is 7.25. The van der Waals surface area contributed by atoms with Crippen molar-refractivity contribution in [2.45, 2.75) is 37.6 Å². The molecule has 5 nitrogen and oxygen atoms in total. The van der Waals surface area contributed by atoms with Crippen LogP contribution in [0.15, 0.2) is 21.5 Å². The Labute approximate surface area is 139 Å². The first-order valence-corrected chi connectivity index (χ1v) is 9.09. The molecule has 8 heteroatoms. The highest BCUT2D eigenvalue weighted by molar-refractivity contribution is 9.10. The van der Waals surface area contributed by atoms with Crippen LogP contribution in [0.2, 0.25) is 0 Å². The minimum Gasteiger partial charge on any atom is -0.495 e. The van der Waals surface area contributed by atoms with Gasteiger partial charge in [0.15, 0.2) is 0 Å². The van der Waals surface area contributed by atoms with E-state index in [2.05, 4.69) is 20.7 Å². The fourth-order valence-corrected chi connectivity index (χ4v) is 4.24. The Hall–Kier alpha value is -0.700. The average Bonchev–Trinajstić information content (AvgIpc) is 2.39. The second-order valence-electron chi connectivity index (χ2n) is 5.89. The smallest absolute Gasteiger partial charge is 0.244 e. The van der Waals surface area contributed by atoms with E-state index in [0.717, 1.165) is 6.07 Å². The number of nitrogens with two attached hydrogens (primary N) is 1. The molecule has 126 valence electrons. The van der Waals surface area contributed by atoms with Crippen molar-refractivity contribution in [2.24, 2.45) is 11.7 Å². The van der Waals surface area contributed by atoms with E-state index in [1.165, 1.54) is 13.2 Å². The number of sulfonamides is 1. The van der Waals surface area contributed by atoms with E-state index in [1.54, 1.807) is 6.92 Å². The van der Waals surface area contributed by atoms with Crippen LogP contribution in [0, 0.1) is 11.7 Å². The topological polar surface area (TPSA) is 81.4 Å². The lowest BCUT2D eigenvalue weighted by Gasteiger charge is -2.31. The Kier molecular flexibility index (Phi) is 6.37. The molecule has 1 aromatic carbocycles. The molecule has 0 heterocycles. The minimum atomic E-state index is -3.97. The molecule has 0 spiro atoms. The van der Waals surface area contributed by atoms with E-state index < -0.39 is 21.4 Å². The molecule has 1 unspecified atom stereocenters. The number of methoxy groups -OCH3 is 1. The van der Waals surface area contributed by atoms with Gasteiger partial charge >= 0.3 is 0 Å². The molecule has 0 fully saturated rings. The lowest BCUT2D eigenvalue weighted by molar-refractivity contribution is 0.343. The minimum absolute atomic E-state index is 0.0599. The molecule has 0 aromatic heterocycles. The second-order valence-corrected chi connectivity index (χ2v) is 8.39. The summed E-state index contributed by atoms with van der Waals surface area (Å²) in [7, 11) is -2.65. The fourth-order valence-electron chi connectivity index (χ4n) is 2.33. The predicted molar refractivity (Wildman–Crippen MR) is 87.9 cm³/mol. The number of halogens is 2. The Morgan fingerprint density at radius 1 is 1.45 bits per heavy atom. The molecule has 1 rings (SSSR count). The predicted octanol–water partition coefficient (Wildman–Crippen LogP) is 2.64. The van der Waals surface area contributed by atoms with Crippen molar-refractivity contribution in [3.8, 4) is 5.75 Å². The summed E-state index contributed by atoms with van der Waals surface area (Å²) in [5, 5.41) is 0. The Morgan fingerprint density at radius 3 is 2.50 bits per heavy atom. The van der Waals surface area contributed by atoms with Crippen LogP contribution in [0.25, 0.3) is 0 Å². The highest BCUT2D eigenvalue weighted by Crippen LogP contribution is 2.31. The maximum atomic E-state index is 13.7. The van der Waals surface area contributed by atoms with Crippen LogP contribution in [-0.4, -0.2) is 27.6 Å². The number of benzene rings is 1. The maximum absolute atomic E-state index is 13.7. The molecule has 1 aromatic rings. The highest BCUT2D eigenvalue weighted by atomic mass is 79.9. The molecule has 22 heavy (non-hydrogen) atoms. The van der Waals surface area contributed by atoms with Gasteiger partial charge in [0.1, 0.15) is 16.5 Å². The molecule has 0 saturated heterocycles. The molecule has 0 aliphatic carbocycles. The molecule has 0 aliphatic rings. The first-order valence-electron chi connectivity index (χ1n) is 6.81. The van der Waals surface area contributed by atoms with Crippen molar-refractivity contribution in [3.05, 3.63) is 22.4 Å². The van der Waals surface area contributed by atoms with E-state index in [0.29, 0.717) is 6.42 Å². The van der Waals surface area contributed by atoms with Crippen LogP contribution >= 0.6 is 15.9 Å². The monoisotopic (exact) mass is 396 g/mol. The summed E-state index contributed by atoms with van der Waals surface area (Å²) in [5.41, 5.74) is 4.91. The van der Waals surface area contributed by atoms with Gasteiger partial charge in [-0.1, -0.05) is 13.8 Å². The van der Waals surface area contributed by atoms with Gasteiger partial charge in [-0.3, -0.25) is 0 Å². The molecular weight excluding hydrogens is 375 g/mol. The first-order chi connectivity index (χ1) is 10.0. The maximum Gasteiger partial charge on any atom is 0.244 e. The quantitative estimate of drug-likeness (QED) is 0.741. The van der Waals surface area contributed by atoms with Crippen LogP contribution in [0.3, 0.4) is 0 Å². The van der Waals surface area contributed by atoms with Gasteiger partial charge in [-0.2, -0.15) is 0 Å². The van der Waals surface area contributed by atoms with Crippen molar-refractivity contribution in [1.82, 2.24) is 4.72 Å². The van der Waals surface area contributed by atoms with E-state index in [1.807, 2.05) is 13.8 Å². The summed E-state index contributed by atoms with van der Waals surface area (Å²) in [5.74, 6) is -0.371. The fraction of sp³-hybridized carbons (Fsp3) is 0.571. The summed E-state index contributed by atoms with van der Waals surface area (Å²) in [6, 6.07) is 2.21. The van der Waals surface area contributed by atoms with Crippen LogP contribution < -0.4 is 15.2 Å². The number of nitrogens with one attached hydrogen (secondary N) is 1. The summed E-state index contributed by atoms with van der Waals surface area (Å²) in [6.45, 7) is 5.81. The Morgan fingerprint density at radius 2 is 2.05 bits per heavy atom. The number of hydrogen-bond acceptors (Lipinski definition) is 4. The largest absolute Gasteiger partial charge is 0.495 e. The SMILES string of the molecule is COc1cc(Br)c(F)cc1S(=O)(=O)NC(C)(CN)CC(C)C. The van der Waals surface area contributed by atoms with Gasteiger partial charge in [-0.15, -0.1) is 0 Å². The van der Waals surface area contributed by atoms with Crippen molar-refractivity contribution < 1.29 is 17.5 Å². The average molecular weight is 397 g/mol. The van der Waals surface area contributed by atoms with Crippen LogP contribution in [0.5, 0.6) is 5.75 Å². The highest BCUT2D eigenvalue weighted by Gasteiger charge is 2.32. The van der Waals surface area contributed by atoms with Crippen molar-refractivity contribution in [3.63, 3.8) is 0 Å². The number of hydrogen-bond donors (Lipinski definition) is 2. The van der Waals surface area contributed by atoms with Crippen LogP contribution in [0.4, 0.5) is 4.39 Å². The number of ether oxygens (including phenoxy) is 1. The van der Waals surface area contributed by atoms with Gasteiger partial charge in [-0.25, -0.2) is 17.5 Å². The lowest BCUT2D eigenvalue weighted by atomic mass is 9.92. The van der Waals surface area contributed by atoms with Gasteiger partial charge < -0.3 is 10.5 Å². The zero-order chi connectivity index (χ0) is 17.1. The van der Waals surface area contributed by atoms with E-state index >= 15 is 0 Å². The van der Waals surface area contributed by atoms with Crippen LogP contribution in [-0.2, 0) is 10.0 Å². The van der Waals surface area contributed by atoms with Crippen molar-refractivity contribution >= 4 is 26.0 Å². The number of rotatable bonds is 7. The summed E-state index contributed by atoms with van der Waals surface area (Å²) >= 11 is 3.01. The third kappa shape index (κ3) is 4.65. The van der Waals surface area contributed by atoms with E-state index in [4.69, 9.17) is 10.5 Å². The summed E-state index contributed by atoms with van der Waals surface area (Å²) < 4.78 is 46.7. The van der Waals surface area contributed by atoms with Crippen molar-refractivity contribution in [2.75, 3.05) is 13.7 Å². The molecule has 0 saturated carbocycles. The molecule has 0 aliphatic heterocycles. The molecule has 0 bridgehead atoms. The van der Waals surface area contributed by atoms with Gasteiger partial charge in [0.2, 0.25) is 10.0 Å². The third-order valence-electron chi connectivity index (χ3n) is 3.19. The summed E-state index contributed by atoms with van der Waals surface area (Å²) in [4.78, 5) is -0.251. The van der Waals surface area contributed by atoms with Crippen LogP contribution in [0.1, 0.15) is 27.2 Å². The summed E-state index contributed by atoms with van der Waals surface area (Å²) in [6.07, 6.45) is 0.560. The van der Waals surface area contributed by atoms with Crippen molar-refractivity contribution in [1.29, 1.82) is 0 Å². The van der Waals surface area contributed by atoms with E-state index in [9.17, 15) is 12.8 Å². The van der Waals surface area contributed by atoms with Gasteiger partial charge in [-0.05, 0) is 47.3 Å². The lowest BCUT2D eigenvalue weighted by Crippen LogP contribution is -2.52. The molecule has 0 radical (unpaired) electrons. The Bertz CT molecular complexity index is 637. The van der Waals surface area contributed by atoms with Gasteiger partial charge in [0.05, 0.1) is 11.6 Å². The normalized spacial score (nSPS) is 14.9. The zero-order valence-corrected chi connectivity index (χ0v) is 15.5. The standard InChI is InChI=1S/C14H22BrFN2O3S/c1-9(2)7-14(3,8-17)18-22(19,20)13-6-11(16)10(15)5-12(13)21-4/h5-6,9,18H,7-8,17H2,1-4H3. The molecule has 0 amide bonds.